The summed E-state index contributed by atoms with van der Waals surface area (Å²) in [5, 5.41) is 17.5. The number of fused-ring (bicyclic) bond motifs is 2. The molecule has 45 heavy (non-hydrogen) atoms. The number of hydrogen-bond acceptors (Lipinski definition) is 4. The van der Waals surface area contributed by atoms with Crippen LogP contribution in [-0.4, -0.2) is 32.9 Å². The molecule has 2 aromatic heterocycles. The predicted molar refractivity (Wildman–Crippen MR) is 165 cm³/mol. The van der Waals surface area contributed by atoms with Crippen LogP contribution in [0.5, 0.6) is 5.75 Å². The summed E-state index contributed by atoms with van der Waals surface area (Å²) in [6.07, 6.45) is -1.15. The zero-order valence-electron chi connectivity index (χ0n) is 23.7. The van der Waals surface area contributed by atoms with Gasteiger partial charge in [0.05, 0.1) is 5.56 Å². The number of alkyl halides is 3. The summed E-state index contributed by atoms with van der Waals surface area (Å²) >= 11 is 0. The van der Waals surface area contributed by atoms with Crippen LogP contribution >= 0.6 is 0 Å². The molecule has 1 atom stereocenters. The molecule has 0 radical (unpaired) electrons. The summed E-state index contributed by atoms with van der Waals surface area (Å²) in [6.45, 7) is -0.370. The second-order valence-electron chi connectivity index (χ2n) is 10.6. The molecule has 0 fully saturated rings. The van der Waals surface area contributed by atoms with Crippen LogP contribution in [0.15, 0.2) is 109 Å². The number of carbonyl (C=O) groups is 2. The van der Waals surface area contributed by atoms with E-state index in [0.29, 0.717) is 16.6 Å². The Morgan fingerprint density at radius 3 is 2.51 bits per heavy atom. The number of pyridine rings is 1. The molecule has 226 valence electrons. The normalized spacial score (nSPS) is 12.2. The molecule has 4 aromatic carbocycles. The first-order valence-electron chi connectivity index (χ1n) is 14.1. The molecule has 6 aromatic rings. The number of aromatic amines is 1. The number of nitrogens with zero attached hydrogens (tertiary/aromatic N) is 1. The predicted octanol–water partition coefficient (Wildman–Crippen LogP) is 6.77. The summed E-state index contributed by atoms with van der Waals surface area (Å²) in [4.78, 5) is 34.4. The van der Waals surface area contributed by atoms with Crippen LogP contribution in [-0.2, 0) is 23.9 Å². The third-order valence-corrected chi connectivity index (χ3v) is 7.64. The Balaban J connectivity index is 1.27. The molecule has 2 amide bonds. The van der Waals surface area contributed by atoms with E-state index in [-0.39, 0.29) is 29.8 Å². The third-order valence-electron chi connectivity index (χ3n) is 7.64. The van der Waals surface area contributed by atoms with Crippen LogP contribution < -0.4 is 10.6 Å². The van der Waals surface area contributed by atoms with Gasteiger partial charge in [-0.15, -0.1) is 0 Å². The van der Waals surface area contributed by atoms with Crippen molar-refractivity contribution in [3.05, 3.63) is 132 Å². The van der Waals surface area contributed by atoms with E-state index in [2.05, 4.69) is 20.6 Å². The molecule has 0 aliphatic heterocycles. The number of nitrogens with one attached hydrogen (secondary N) is 3. The lowest BCUT2D eigenvalue weighted by molar-refractivity contribution is -0.138. The summed E-state index contributed by atoms with van der Waals surface area (Å²) in [5.74, 6) is -1.17. The largest absolute Gasteiger partial charge is 0.506 e. The highest BCUT2D eigenvalue weighted by atomic mass is 19.4. The first kappa shape index (κ1) is 29.4. The van der Waals surface area contributed by atoms with Crippen molar-refractivity contribution in [3.8, 4) is 16.9 Å². The van der Waals surface area contributed by atoms with Gasteiger partial charge >= 0.3 is 6.18 Å². The average molecular weight is 609 g/mol. The maximum atomic E-state index is 13.6. The van der Waals surface area contributed by atoms with Gasteiger partial charge in [-0.25, -0.2) is 0 Å². The van der Waals surface area contributed by atoms with E-state index in [1.807, 2.05) is 36.4 Å². The highest BCUT2D eigenvalue weighted by molar-refractivity contribution is 5.99. The van der Waals surface area contributed by atoms with Crippen LogP contribution in [0, 0.1) is 0 Å². The van der Waals surface area contributed by atoms with E-state index in [0.717, 1.165) is 27.9 Å². The van der Waals surface area contributed by atoms with Gasteiger partial charge in [0, 0.05) is 47.2 Å². The summed E-state index contributed by atoms with van der Waals surface area (Å²) < 4.78 is 40.7. The number of carbonyl (C=O) groups excluding carboxylic acids is 2. The van der Waals surface area contributed by atoms with E-state index in [4.69, 9.17) is 0 Å². The number of benzene rings is 4. The molecule has 0 aliphatic rings. The second kappa shape index (κ2) is 12.2. The highest BCUT2D eigenvalue weighted by Crippen LogP contribution is 2.32. The molecule has 4 N–H and O–H groups in total. The Morgan fingerprint density at radius 1 is 0.867 bits per heavy atom. The Labute approximate surface area is 255 Å². The Morgan fingerprint density at radius 2 is 1.67 bits per heavy atom. The lowest BCUT2D eigenvalue weighted by atomic mass is 9.99. The third kappa shape index (κ3) is 6.35. The van der Waals surface area contributed by atoms with Crippen molar-refractivity contribution in [2.75, 3.05) is 0 Å². The highest BCUT2D eigenvalue weighted by Gasteiger charge is 2.33. The fourth-order valence-electron chi connectivity index (χ4n) is 5.41. The molecular formula is C35H27F3N4O3. The molecular weight excluding hydrogens is 581 g/mol. The summed E-state index contributed by atoms with van der Waals surface area (Å²) in [7, 11) is 0. The van der Waals surface area contributed by atoms with Gasteiger partial charge in [-0.2, -0.15) is 13.2 Å². The Bertz CT molecular complexity index is 2040. The number of H-pyrrole nitrogens is 1. The lowest BCUT2D eigenvalue weighted by Crippen LogP contribution is -2.48. The number of para-hydroxylation sites is 1. The van der Waals surface area contributed by atoms with Gasteiger partial charge in [0.1, 0.15) is 17.3 Å². The lowest BCUT2D eigenvalue weighted by Gasteiger charge is -2.20. The van der Waals surface area contributed by atoms with Crippen molar-refractivity contribution in [2.45, 2.75) is 25.2 Å². The number of aromatic hydroxyl groups is 1. The fraction of sp³-hybridized carbons (Fsp3) is 0.114. The minimum absolute atomic E-state index is 0.000477. The van der Waals surface area contributed by atoms with Gasteiger partial charge in [0.2, 0.25) is 5.91 Å². The van der Waals surface area contributed by atoms with E-state index in [1.54, 1.807) is 48.8 Å². The molecule has 2 heterocycles. The summed E-state index contributed by atoms with van der Waals surface area (Å²) in [6, 6.07) is 25.2. The van der Waals surface area contributed by atoms with Crippen molar-refractivity contribution in [3.63, 3.8) is 0 Å². The number of phenolic OH excluding ortho intramolecular Hbond substituents is 1. The van der Waals surface area contributed by atoms with Crippen molar-refractivity contribution in [1.29, 1.82) is 0 Å². The summed E-state index contributed by atoms with van der Waals surface area (Å²) in [5.41, 5.74) is 2.72. The number of aromatic nitrogens is 2. The van der Waals surface area contributed by atoms with Gasteiger partial charge in [-0.1, -0.05) is 54.6 Å². The topological polar surface area (TPSA) is 107 Å². The maximum Gasteiger partial charge on any atom is 0.416 e. The fourth-order valence-corrected chi connectivity index (χ4v) is 5.41. The first-order valence-corrected chi connectivity index (χ1v) is 14.1. The van der Waals surface area contributed by atoms with Crippen LogP contribution in [0.3, 0.4) is 0 Å². The zero-order chi connectivity index (χ0) is 31.6. The number of hydrogen-bond donors (Lipinski definition) is 4. The second-order valence-corrected chi connectivity index (χ2v) is 10.6. The monoisotopic (exact) mass is 608 g/mol. The number of rotatable bonds is 8. The van der Waals surface area contributed by atoms with Crippen LogP contribution in [0.25, 0.3) is 32.9 Å². The number of phenols is 1. The molecule has 6 rings (SSSR count). The minimum Gasteiger partial charge on any atom is -0.506 e. The van der Waals surface area contributed by atoms with E-state index in [1.165, 1.54) is 18.2 Å². The smallest absolute Gasteiger partial charge is 0.416 e. The molecule has 0 aliphatic carbocycles. The SMILES string of the molecule is O=C(NC(Cc1c[nH]c2ccccc12)C(=O)NCc1ccccc1C(F)(F)F)c1cccc(-c2cc(O)c3ncccc3c2)c1. The van der Waals surface area contributed by atoms with Crippen LogP contribution in [0.4, 0.5) is 13.2 Å². The van der Waals surface area contributed by atoms with Gasteiger partial charge in [-0.3, -0.25) is 14.6 Å². The number of amides is 2. The van der Waals surface area contributed by atoms with Gasteiger partial charge in [0.15, 0.2) is 0 Å². The van der Waals surface area contributed by atoms with Crippen molar-refractivity contribution in [1.82, 2.24) is 20.6 Å². The van der Waals surface area contributed by atoms with Crippen molar-refractivity contribution in [2.24, 2.45) is 0 Å². The van der Waals surface area contributed by atoms with Crippen molar-refractivity contribution >= 4 is 33.6 Å². The standard InChI is InChI=1S/C35H27F3N4O3/c36-35(37,38)28-12-3-1-7-24(28)19-41-34(45)30(17-26-20-40-29-13-4-2-11-27(26)29)42-33(44)23-9-5-8-21(15-23)25-16-22-10-6-14-39-32(22)31(43)18-25/h1-16,18,20,30,40,43H,17,19H2,(H,41,45)(H,42,44). The zero-order valence-corrected chi connectivity index (χ0v) is 23.7. The van der Waals surface area contributed by atoms with Gasteiger partial charge in [-0.05, 0) is 64.7 Å². The molecule has 0 saturated heterocycles. The van der Waals surface area contributed by atoms with Crippen LogP contribution in [0.2, 0.25) is 0 Å². The molecule has 7 nitrogen and oxygen atoms in total. The van der Waals surface area contributed by atoms with Crippen molar-refractivity contribution < 1.29 is 27.9 Å². The van der Waals surface area contributed by atoms with E-state index < -0.39 is 29.6 Å². The van der Waals surface area contributed by atoms with E-state index >= 15 is 0 Å². The maximum absolute atomic E-state index is 13.6. The average Bonchev–Trinajstić information content (AvgIpc) is 3.45. The number of halogens is 3. The Kier molecular flexibility index (Phi) is 7.95. The molecule has 10 heteroatoms. The minimum atomic E-state index is -4.58. The quantitative estimate of drug-likeness (QED) is 0.153. The van der Waals surface area contributed by atoms with Gasteiger partial charge < -0.3 is 20.7 Å². The van der Waals surface area contributed by atoms with E-state index in [9.17, 15) is 27.9 Å². The first-order chi connectivity index (χ1) is 21.7. The molecule has 0 spiro atoms. The van der Waals surface area contributed by atoms with Crippen LogP contribution in [0.1, 0.15) is 27.0 Å². The Hall–Kier alpha value is -5.64. The van der Waals surface area contributed by atoms with Gasteiger partial charge in [0.25, 0.3) is 5.91 Å². The molecule has 0 saturated carbocycles. The molecule has 0 bridgehead atoms. The molecule has 1 unspecified atom stereocenters.